The molecule has 138 valence electrons. The molecule has 24 heavy (non-hydrogen) atoms. The molecule has 0 saturated heterocycles. The molecule has 0 aromatic heterocycles. The van der Waals surface area contributed by atoms with E-state index >= 15 is 0 Å². The number of benzene rings is 1. The molecule has 1 amide bonds. The molecule has 0 radical (unpaired) electrons. The van der Waals surface area contributed by atoms with E-state index in [1.165, 1.54) is 32.1 Å². The van der Waals surface area contributed by atoms with E-state index in [2.05, 4.69) is 28.2 Å². The van der Waals surface area contributed by atoms with Gasteiger partial charge in [-0.3, -0.25) is 4.79 Å². The maximum Gasteiger partial charge on any atom is 0.255 e. The lowest BCUT2D eigenvalue weighted by Gasteiger charge is -2.14. The molecular weight excluding hydrogens is 396 g/mol. The summed E-state index contributed by atoms with van der Waals surface area (Å²) >= 11 is 3.46. The molecule has 5 nitrogen and oxygen atoms in total. The Bertz CT molecular complexity index is 501. The van der Waals surface area contributed by atoms with Gasteiger partial charge in [0.1, 0.15) is 0 Å². The highest BCUT2D eigenvalue weighted by molar-refractivity contribution is 9.10. The number of nitrogens with one attached hydrogen (secondary N) is 1. The zero-order chi connectivity index (χ0) is 17.1. The van der Waals surface area contributed by atoms with Gasteiger partial charge >= 0.3 is 0 Å². The molecule has 3 N–H and O–H groups in total. The third-order valence-corrected chi connectivity index (χ3v) is 4.02. The van der Waals surface area contributed by atoms with Crippen molar-refractivity contribution in [3.05, 3.63) is 22.2 Å². The number of halogens is 2. The highest BCUT2D eigenvalue weighted by Gasteiger charge is 2.12. The Balaban J connectivity index is 0.00000529. The van der Waals surface area contributed by atoms with E-state index in [4.69, 9.17) is 15.2 Å². The van der Waals surface area contributed by atoms with E-state index in [1.54, 1.807) is 7.11 Å². The second-order valence-corrected chi connectivity index (χ2v) is 6.31. The van der Waals surface area contributed by atoms with Crippen LogP contribution < -0.4 is 20.5 Å². The number of rotatable bonds is 12. The minimum Gasteiger partial charge on any atom is -0.493 e. The third-order valence-electron chi connectivity index (χ3n) is 3.43. The smallest absolute Gasteiger partial charge is 0.255 e. The van der Waals surface area contributed by atoms with E-state index in [1.807, 2.05) is 12.1 Å². The average Bonchev–Trinajstić information content (AvgIpc) is 2.52. The summed E-state index contributed by atoms with van der Waals surface area (Å²) in [6.07, 6.45) is 6.36. The Morgan fingerprint density at radius 1 is 1.25 bits per heavy atom. The van der Waals surface area contributed by atoms with Crippen LogP contribution in [0.25, 0.3) is 0 Å². The summed E-state index contributed by atoms with van der Waals surface area (Å²) in [7, 11) is 1.57. The molecular formula is C17H28BrClN2O3. The Hall–Kier alpha value is -0.980. The molecule has 1 rings (SSSR count). The van der Waals surface area contributed by atoms with Crippen LogP contribution in [0.2, 0.25) is 0 Å². The number of unbranched alkanes of at least 4 members (excludes halogenated alkanes) is 4. The van der Waals surface area contributed by atoms with Crippen molar-refractivity contribution in [2.24, 2.45) is 5.73 Å². The first-order chi connectivity index (χ1) is 11.1. The number of amides is 1. The van der Waals surface area contributed by atoms with Crippen molar-refractivity contribution in [3.8, 4) is 11.5 Å². The first kappa shape index (κ1) is 23.0. The van der Waals surface area contributed by atoms with Crippen molar-refractivity contribution in [3.63, 3.8) is 0 Å². The number of hydrogen-bond acceptors (Lipinski definition) is 4. The Morgan fingerprint density at radius 2 is 1.96 bits per heavy atom. The first-order valence-electron chi connectivity index (χ1n) is 8.06. The van der Waals surface area contributed by atoms with E-state index in [9.17, 15) is 4.79 Å². The number of carbonyl (C=O) groups is 1. The Labute approximate surface area is 159 Å². The monoisotopic (exact) mass is 422 g/mol. The molecule has 0 aliphatic rings. The lowest BCUT2D eigenvalue weighted by molar-refractivity contribution is -0.119. The van der Waals surface area contributed by atoms with Crippen molar-refractivity contribution in [1.82, 2.24) is 5.32 Å². The SMILES string of the molecule is CCCCCCCNCc1cc(Br)c(OCC(N)=O)c(OC)c1.Cl. The molecule has 0 aliphatic carbocycles. The van der Waals surface area contributed by atoms with Gasteiger partial charge in [-0.15, -0.1) is 12.4 Å². The van der Waals surface area contributed by atoms with E-state index in [0.717, 1.165) is 23.1 Å². The van der Waals surface area contributed by atoms with E-state index in [0.29, 0.717) is 11.5 Å². The molecule has 0 saturated carbocycles. The molecule has 1 aromatic carbocycles. The number of carbonyl (C=O) groups excluding carboxylic acids is 1. The van der Waals surface area contributed by atoms with Crippen molar-refractivity contribution in [1.29, 1.82) is 0 Å². The molecule has 0 atom stereocenters. The maximum absolute atomic E-state index is 10.9. The number of primary amides is 1. The normalized spacial score (nSPS) is 10.1. The lowest BCUT2D eigenvalue weighted by Crippen LogP contribution is -2.20. The topological polar surface area (TPSA) is 73.6 Å². The number of hydrogen-bond donors (Lipinski definition) is 2. The van der Waals surface area contributed by atoms with Crippen LogP contribution in [0, 0.1) is 0 Å². The zero-order valence-electron chi connectivity index (χ0n) is 14.4. The number of methoxy groups -OCH3 is 1. The minimum absolute atomic E-state index is 0. The quantitative estimate of drug-likeness (QED) is 0.501. The zero-order valence-corrected chi connectivity index (χ0v) is 16.8. The molecule has 0 bridgehead atoms. The van der Waals surface area contributed by atoms with Gasteiger partial charge in [-0.2, -0.15) is 0 Å². The summed E-state index contributed by atoms with van der Waals surface area (Å²) in [6.45, 7) is 3.81. The van der Waals surface area contributed by atoms with Crippen LogP contribution >= 0.6 is 28.3 Å². The third kappa shape index (κ3) is 8.76. The number of nitrogens with two attached hydrogens (primary N) is 1. The van der Waals surface area contributed by atoms with Gasteiger partial charge in [0.25, 0.3) is 5.91 Å². The van der Waals surface area contributed by atoms with Crippen LogP contribution in [0.3, 0.4) is 0 Å². The van der Waals surface area contributed by atoms with Crippen LogP contribution in [0.1, 0.15) is 44.6 Å². The highest BCUT2D eigenvalue weighted by Crippen LogP contribution is 2.36. The molecule has 0 heterocycles. The predicted molar refractivity (Wildman–Crippen MR) is 103 cm³/mol. The van der Waals surface area contributed by atoms with Crippen LogP contribution in [0.4, 0.5) is 0 Å². The highest BCUT2D eigenvalue weighted by atomic mass is 79.9. The standard InChI is InChI=1S/C17H27BrN2O3.ClH/c1-3-4-5-6-7-8-20-11-13-9-14(18)17(15(10-13)22-2)23-12-16(19)21;/h9-10,20H,3-8,11-12H2,1-2H3,(H2,19,21);1H. The second kappa shape index (κ2) is 13.3. The van der Waals surface area contributed by atoms with Gasteiger partial charge in [0.15, 0.2) is 18.1 Å². The van der Waals surface area contributed by atoms with Crippen LogP contribution in [0.15, 0.2) is 16.6 Å². The molecule has 0 unspecified atom stereocenters. The fraction of sp³-hybridized carbons (Fsp3) is 0.588. The molecule has 7 heteroatoms. The van der Waals surface area contributed by atoms with Gasteiger partial charge in [0.2, 0.25) is 0 Å². The van der Waals surface area contributed by atoms with Gasteiger partial charge < -0.3 is 20.5 Å². The largest absolute Gasteiger partial charge is 0.493 e. The molecule has 0 aliphatic heterocycles. The minimum atomic E-state index is -0.521. The Morgan fingerprint density at radius 3 is 2.58 bits per heavy atom. The summed E-state index contributed by atoms with van der Waals surface area (Å²) < 4.78 is 11.5. The van der Waals surface area contributed by atoms with Gasteiger partial charge in [-0.25, -0.2) is 0 Å². The first-order valence-corrected chi connectivity index (χ1v) is 8.86. The van der Waals surface area contributed by atoms with Crippen LogP contribution in [-0.2, 0) is 11.3 Å². The van der Waals surface area contributed by atoms with E-state index < -0.39 is 5.91 Å². The van der Waals surface area contributed by atoms with Crippen LogP contribution in [0.5, 0.6) is 11.5 Å². The Kier molecular flexibility index (Phi) is 12.8. The van der Waals surface area contributed by atoms with Crippen molar-refractivity contribution in [2.75, 3.05) is 20.3 Å². The van der Waals surface area contributed by atoms with E-state index in [-0.39, 0.29) is 19.0 Å². The van der Waals surface area contributed by atoms with Gasteiger partial charge in [0.05, 0.1) is 11.6 Å². The van der Waals surface area contributed by atoms with Crippen molar-refractivity contribution < 1.29 is 14.3 Å². The van der Waals surface area contributed by atoms with Gasteiger partial charge in [-0.1, -0.05) is 32.6 Å². The second-order valence-electron chi connectivity index (χ2n) is 5.46. The van der Waals surface area contributed by atoms with Gasteiger partial charge in [-0.05, 0) is 46.6 Å². The fourth-order valence-electron chi connectivity index (χ4n) is 2.24. The fourth-order valence-corrected chi connectivity index (χ4v) is 2.85. The van der Waals surface area contributed by atoms with Crippen molar-refractivity contribution >= 4 is 34.2 Å². The molecule has 1 aromatic rings. The summed E-state index contributed by atoms with van der Waals surface area (Å²) in [5, 5.41) is 3.44. The maximum atomic E-state index is 10.9. The van der Waals surface area contributed by atoms with Gasteiger partial charge in [0, 0.05) is 6.54 Å². The average molecular weight is 424 g/mol. The van der Waals surface area contributed by atoms with Crippen molar-refractivity contribution in [2.45, 2.75) is 45.6 Å². The predicted octanol–water partition coefficient (Wildman–Crippen LogP) is 3.80. The number of ether oxygens (including phenoxy) is 2. The van der Waals surface area contributed by atoms with Crippen LogP contribution in [-0.4, -0.2) is 26.2 Å². The summed E-state index contributed by atoms with van der Waals surface area (Å²) in [5.41, 5.74) is 6.20. The summed E-state index contributed by atoms with van der Waals surface area (Å²) in [4.78, 5) is 10.9. The molecule has 0 fully saturated rings. The lowest BCUT2D eigenvalue weighted by atomic mass is 10.1. The summed E-state index contributed by atoms with van der Waals surface area (Å²) in [6, 6.07) is 3.87. The molecule has 0 spiro atoms. The summed E-state index contributed by atoms with van der Waals surface area (Å²) in [5.74, 6) is 0.558.